The molecule has 3 aromatic carbocycles. The van der Waals surface area contributed by atoms with Crippen molar-refractivity contribution in [1.29, 1.82) is 0 Å². The van der Waals surface area contributed by atoms with Crippen molar-refractivity contribution in [3.8, 4) is 17.1 Å². The van der Waals surface area contributed by atoms with Crippen LogP contribution >= 0.6 is 27.9 Å². The predicted molar refractivity (Wildman–Crippen MR) is 170 cm³/mol. The molecule has 1 aromatic heterocycles. The molecule has 1 heterocycles. The summed E-state index contributed by atoms with van der Waals surface area (Å²) in [6, 6.07) is 23.2. The molecule has 214 valence electrons. The number of carboxylic acids is 1. The highest BCUT2D eigenvalue weighted by molar-refractivity contribution is 9.10. The molecule has 9 heteroatoms. The number of carbonyl (C=O) groups is 1. The number of rotatable bonds is 13. The normalized spacial score (nSPS) is 11.9. The summed E-state index contributed by atoms with van der Waals surface area (Å²) >= 11 is 4.75. The van der Waals surface area contributed by atoms with E-state index < -0.39 is 5.97 Å². The lowest BCUT2D eigenvalue weighted by Gasteiger charge is -2.21. The largest absolute Gasteiger partial charge is 0.478 e. The van der Waals surface area contributed by atoms with Gasteiger partial charge in [0.1, 0.15) is 6.61 Å². The molecule has 0 radical (unpaired) electrons. The molecule has 7 nitrogen and oxygen atoms in total. The van der Waals surface area contributed by atoms with Gasteiger partial charge in [-0.15, -0.1) is 0 Å². The smallest absolute Gasteiger partial charge is 0.335 e. The highest BCUT2D eigenvalue weighted by atomic mass is 79.9. The molecule has 1 atom stereocenters. The number of carboxylic acid groups (broad SMARTS) is 1. The minimum absolute atomic E-state index is 0.127. The van der Waals surface area contributed by atoms with E-state index in [0.29, 0.717) is 24.4 Å². The molecule has 0 aliphatic rings. The number of ether oxygens (including phenoxy) is 1. The van der Waals surface area contributed by atoms with E-state index >= 15 is 0 Å². The number of halogens is 1. The van der Waals surface area contributed by atoms with Crippen LogP contribution < -0.4 is 14.8 Å². The van der Waals surface area contributed by atoms with Gasteiger partial charge in [0.15, 0.2) is 0 Å². The number of anilines is 1. The molecular weight excluding hydrogens is 600 g/mol. The van der Waals surface area contributed by atoms with E-state index in [1.165, 1.54) is 17.5 Å². The van der Waals surface area contributed by atoms with Crippen molar-refractivity contribution < 1.29 is 14.6 Å². The SMILES string of the molecule is Cc1cccc(C)c1-c1cc(OC[C@@H](CC(C)C)NCc2ccc(Br)cc2)nc(NSc2cccc(C(=O)O)c2)n1. The number of benzene rings is 3. The van der Waals surface area contributed by atoms with Gasteiger partial charge in [-0.05, 0) is 85.2 Å². The zero-order chi connectivity index (χ0) is 29.4. The summed E-state index contributed by atoms with van der Waals surface area (Å²) in [4.78, 5) is 21.6. The number of nitrogens with zero attached hydrogens (tertiary/aromatic N) is 2. The number of aryl methyl sites for hydroxylation is 2. The molecule has 4 aromatic rings. The molecular formula is C32H35BrN4O3S. The number of nitrogens with one attached hydrogen (secondary N) is 2. The quantitative estimate of drug-likeness (QED) is 0.128. The predicted octanol–water partition coefficient (Wildman–Crippen LogP) is 7.92. The van der Waals surface area contributed by atoms with E-state index in [1.807, 2.05) is 30.3 Å². The van der Waals surface area contributed by atoms with Crippen LogP contribution in [-0.2, 0) is 6.54 Å². The number of aromatic nitrogens is 2. The molecule has 0 aliphatic heterocycles. The number of hydrogen-bond donors (Lipinski definition) is 3. The van der Waals surface area contributed by atoms with Gasteiger partial charge >= 0.3 is 5.97 Å². The lowest BCUT2D eigenvalue weighted by atomic mass is 10.00. The Labute approximate surface area is 254 Å². The second-order valence-corrected chi connectivity index (χ2v) is 12.2. The molecule has 0 bridgehead atoms. The second kappa shape index (κ2) is 14.5. The third-order valence-electron chi connectivity index (χ3n) is 6.48. The highest BCUT2D eigenvalue weighted by Gasteiger charge is 2.16. The summed E-state index contributed by atoms with van der Waals surface area (Å²) in [6.07, 6.45) is 0.951. The van der Waals surface area contributed by atoms with Gasteiger partial charge in [0.25, 0.3) is 0 Å². The van der Waals surface area contributed by atoms with Crippen LogP contribution in [-0.4, -0.2) is 33.7 Å². The van der Waals surface area contributed by atoms with E-state index in [0.717, 1.165) is 44.7 Å². The summed E-state index contributed by atoms with van der Waals surface area (Å²) in [5.74, 6) is 0.376. The third-order valence-corrected chi connectivity index (χ3v) is 7.78. The molecule has 0 spiro atoms. The second-order valence-electron chi connectivity index (χ2n) is 10.4. The Balaban J connectivity index is 1.56. The Morgan fingerprint density at radius 1 is 1.00 bits per heavy atom. The zero-order valence-corrected chi connectivity index (χ0v) is 26.1. The van der Waals surface area contributed by atoms with Crippen molar-refractivity contribution in [2.75, 3.05) is 11.3 Å². The summed E-state index contributed by atoms with van der Waals surface area (Å²) in [5, 5.41) is 13.0. The molecule has 4 rings (SSSR count). The van der Waals surface area contributed by atoms with Gasteiger partial charge in [-0.3, -0.25) is 4.72 Å². The first kappa shape index (κ1) is 30.6. The van der Waals surface area contributed by atoms with Crippen LogP contribution in [0.5, 0.6) is 5.88 Å². The summed E-state index contributed by atoms with van der Waals surface area (Å²) < 4.78 is 10.6. The maximum atomic E-state index is 11.4. The molecule has 0 saturated carbocycles. The summed E-state index contributed by atoms with van der Waals surface area (Å²) in [7, 11) is 0. The van der Waals surface area contributed by atoms with E-state index in [2.05, 4.69) is 82.9 Å². The van der Waals surface area contributed by atoms with Crippen LogP contribution in [0.25, 0.3) is 11.3 Å². The van der Waals surface area contributed by atoms with Crippen molar-refractivity contribution in [2.45, 2.75) is 51.6 Å². The van der Waals surface area contributed by atoms with E-state index in [-0.39, 0.29) is 11.6 Å². The highest BCUT2D eigenvalue weighted by Crippen LogP contribution is 2.30. The zero-order valence-electron chi connectivity index (χ0n) is 23.6. The Kier molecular flexibility index (Phi) is 10.8. The Morgan fingerprint density at radius 2 is 1.71 bits per heavy atom. The van der Waals surface area contributed by atoms with E-state index in [9.17, 15) is 9.90 Å². The molecule has 0 unspecified atom stereocenters. The summed E-state index contributed by atoms with van der Waals surface area (Å²) in [6.45, 7) is 9.73. The summed E-state index contributed by atoms with van der Waals surface area (Å²) in [5.41, 5.74) is 5.44. The van der Waals surface area contributed by atoms with Crippen LogP contribution in [0.1, 0.15) is 47.3 Å². The maximum Gasteiger partial charge on any atom is 0.335 e. The minimum Gasteiger partial charge on any atom is -0.478 e. The molecule has 0 aliphatic carbocycles. The van der Waals surface area contributed by atoms with Crippen LogP contribution in [0.15, 0.2) is 82.2 Å². The average molecular weight is 636 g/mol. The Hall–Kier alpha value is -3.40. The average Bonchev–Trinajstić information content (AvgIpc) is 2.94. The van der Waals surface area contributed by atoms with Crippen LogP contribution in [0, 0.1) is 19.8 Å². The van der Waals surface area contributed by atoms with E-state index in [1.54, 1.807) is 18.2 Å². The van der Waals surface area contributed by atoms with Crippen LogP contribution in [0.4, 0.5) is 5.95 Å². The molecule has 0 saturated heterocycles. The van der Waals surface area contributed by atoms with Gasteiger partial charge in [-0.2, -0.15) is 4.98 Å². The van der Waals surface area contributed by atoms with Gasteiger partial charge in [-0.25, -0.2) is 9.78 Å². The lowest BCUT2D eigenvalue weighted by molar-refractivity contribution is 0.0696. The monoisotopic (exact) mass is 634 g/mol. The minimum atomic E-state index is -0.971. The van der Waals surface area contributed by atoms with Crippen molar-refractivity contribution in [2.24, 2.45) is 5.92 Å². The molecule has 0 fully saturated rings. The topological polar surface area (TPSA) is 96.4 Å². The first-order chi connectivity index (χ1) is 19.7. The fourth-order valence-corrected chi connectivity index (χ4v) is 5.42. The maximum absolute atomic E-state index is 11.4. The van der Waals surface area contributed by atoms with Gasteiger partial charge in [0.2, 0.25) is 11.8 Å². The number of hydrogen-bond acceptors (Lipinski definition) is 7. The van der Waals surface area contributed by atoms with Gasteiger partial charge in [0, 0.05) is 33.6 Å². The third kappa shape index (κ3) is 9.05. The Morgan fingerprint density at radius 3 is 2.39 bits per heavy atom. The fourth-order valence-electron chi connectivity index (χ4n) is 4.52. The van der Waals surface area contributed by atoms with E-state index in [4.69, 9.17) is 9.72 Å². The first-order valence-electron chi connectivity index (χ1n) is 13.5. The van der Waals surface area contributed by atoms with Crippen LogP contribution in [0.2, 0.25) is 0 Å². The Bertz CT molecular complexity index is 1460. The van der Waals surface area contributed by atoms with Crippen LogP contribution in [0.3, 0.4) is 0 Å². The van der Waals surface area contributed by atoms with Crippen molar-refractivity contribution in [3.05, 3.63) is 99.5 Å². The molecule has 41 heavy (non-hydrogen) atoms. The standard InChI is InChI=1S/C32H35BrN4O3S/c1-20(2)15-26(34-18-23-11-13-25(33)14-12-23)19-40-29-17-28(30-21(3)7-5-8-22(30)4)35-32(36-29)37-41-27-10-6-9-24(16-27)31(38)39/h5-14,16-17,20,26,34H,15,18-19H2,1-4H3,(H,38,39)(H,35,36,37)/t26-/m1/s1. The van der Waals surface area contributed by atoms with Gasteiger partial charge < -0.3 is 15.2 Å². The van der Waals surface area contributed by atoms with Crippen molar-refractivity contribution >= 4 is 39.8 Å². The number of aromatic carboxylic acids is 1. The molecule has 3 N–H and O–H groups in total. The first-order valence-corrected chi connectivity index (χ1v) is 15.1. The van der Waals surface area contributed by atoms with Crippen molar-refractivity contribution in [1.82, 2.24) is 15.3 Å². The fraction of sp³-hybridized carbons (Fsp3) is 0.281. The molecule has 0 amide bonds. The van der Waals surface area contributed by atoms with Crippen molar-refractivity contribution in [3.63, 3.8) is 0 Å². The van der Waals surface area contributed by atoms with Gasteiger partial charge in [0.05, 0.1) is 11.3 Å². The lowest BCUT2D eigenvalue weighted by Crippen LogP contribution is -2.35. The van der Waals surface area contributed by atoms with Gasteiger partial charge in [-0.1, -0.05) is 66.2 Å².